The molecule has 0 fully saturated rings. The van der Waals surface area contributed by atoms with Crippen LogP contribution in [0.1, 0.15) is 26.5 Å². The molecular formula is C20H17FN4OS. The van der Waals surface area contributed by atoms with Crippen LogP contribution >= 0.6 is 11.3 Å². The van der Waals surface area contributed by atoms with Crippen LogP contribution in [0.25, 0.3) is 11.0 Å². The van der Waals surface area contributed by atoms with Gasteiger partial charge in [-0.2, -0.15) is 5.10 Å². The van der Waals surface area contributed by atoms with Gasteiger partial charge in [-0.3, -0.25) is 4.79 Å². The van der Waals surface area contributed by atoms with Gasteiger partial charge in [0.2, 0.25) is 0 Å². The van der Waals surface area contributed by atoms with Gasteiger partial charge in [-0.25, -0.2) is 14.1 Å². The van der Waals surface area contributed by atoms with Crippen LogP contribution in [-0.4, -0.2) is 20.7 Å². The highest BCUT2D eigenvalue weighted by atomic mass is 32.1. The number of hydrogen-bond acceptors (Lipinski definition) is 4. The number of nitrogens with zero attached hydrogens (tertiary/aromatic N) is 3. The molecule has 5 nitrogen and oxygen atoms in total. The number of carbonyl (C=O) groups excluding carboxylic acids is 1. The van der Waals surface area contributed by atoms with Crippen molar-refractivity contribution in [2.45, 2.75) is 20.4 Å². The third-order valence-corrected chi connectivity index (χ3v) is 5.17. The van der Waals surface area contributed by atoms with Crippen LogP contribution in [-0.2, 0) is 6.54 Å². The minimum absolute atomic E-state index is 0.268. The largest absolute Gasteiger partial charge is 0.322 e. The van der Waals surface area contributed by atoms with Crippen LogP contribution in [0, 0.1) is 19.7 Å². The molecule has 1 aromatic carbocycles. The van der Waals surface area contributed by atoms with Crippen LogP contribution in [0.2, 0.25) is 0 Å². The van der Waals surface area contributed by atoms with Gasteiger partial charge in [0.05, 0.1) is 23.7 Å². The number of carbonyl (C=O) groups is 1. The lowest BCUT2D eigenvalue weighted by Gasteiger charge is -2.10. The monoisotopic (exact) mass is 380 g/mol. The third-order valence-electron chi connectivity index (χ3n) is 4.30. The lowest BCUT2D eigenvalue weighted by molar-refractivity contribution is 0.102. The number of nitrogens with one attached hydrogen (secondary N) is 1. The molecule has 136 valence electrons. The average molecular weight is 380 g/mol. The number of pyridine rings is 1. The SMILES string of the molecule is Cc1cc(C(=O)Nc2ccc(F)cc2C)c2cnn(Cc3cccs3)c2n1. The topological polar surface area (TPSA) is 59.8 Å². The smallest absolute Gasteiger partial charge is 0.256 e. The highest BCUT2D eigenvalue weighted by Crippen LogP contribution is 2.23. The van der Waals surface area contributed by atoms with Crippen molar-refractivity contribution >= 4 is 34.0 Å². The summed E-state index contributed by atoms with van der Waals surface area (Å²) in [6.45, 7) is 4.21. The summed E-state index contributed by atoms with van der Waals surface area (Å²) in [5.74, 6) is -0.599. The molecule has 7 heteroatoms. The van der Waals surface area contributed by atoms with Crippen molar-refractivity contribution < 1.29 is 9.18 Å². The van der Waals surface area contributed by atoms with Crippen LogP contribution < -0.4 is 5.32 Å². The van der Waals surface area contributed by atoms with E-state index in [-0.39, 0.29) is 11.7 Å². The first-order valence-corrected chi connectivity index (χ1v) is 9.32. The lowest BCUT2D eigenvalue weighted by Crippen LogP contribution is -2.14. The maximum absolute atomic E-state index is 13.3. The molecule has 3 aromatic heterocycles. The zero-order valence-electron chi connectivity index (χ0n) is 14.9. The molecule has 1 amide bonds. The molecule has 4 aromatic rings. The molecule has 1 N–H and O–H groups in total. The molecular weight excluding hydrogens is 363 g/mol. The van der Waals surface area contributed by atoms with E-state index in [2.05, 4.69) is 15.4 Å². The van der Waals surface area contributed by atoms with Gasteiger partial charge in [-0.1, -0.05) is 6.07 Å². The minimum atomic E-state index is -0.331. The normalized spacial score (nSPS) is 11.1. The molecule has 0 aliphatic carbocycles. The van der Waals surface area contributed by atoms with Gasteiger partial charge >= 0.3 is 0 Å². The maximum Gasteiger partial charge on any atom is 0.256 e. The second-order valence-electron chi connectivity index (χ2n) is 6.34. The third kappa shape index (κ3) is 3.46. The number of rotatable bonds is 4. The first-order valence-electron chi connectivity index (χ1n) is 8.44. The second kappa shape index (κ2) is 6.92. The van der Waals surface area contributed by atoms with Crippen molar-refractivity contribution in [1.29, 1.82) is 0 Å². The van der Waals surface area contributed by atoms with Gasteiger partial charge in [-0.15, -0.1) is 11.3 Å². The first-order chi connectivity index (χ1) is 13.0. The number of anilines is 1. The molecule has 0 saturated heterocycles. The fraction of sp³-hybridized carbons (Fsp3) is 0.150. The van der Waals surface area contributed by atoms with Gasteiger partial charge in [0.1, 0.15) is 5.82 Å². The molecule has 3 heterocycles. The molecule has 0 spiro atoms. The Morgan fingerprint density at radius 3 is 2.85 bits per heavy atom. The Morgan fingerprint density at radius 1 is 1.26 bits per heavy atom. The summed E-state index contributed by atoms with van der Waals surface area (Å²) in [5.41, 5.74) is 3.15. The predicted octanol–water partition coefficient (Wildman–Crippen LogP) is 4.55. The highest BCUT2D eigenvalue weighted by Gasteiger charge is 2.17. The van der Waals surface area contributed by atoms with Crippen molar-refractivity contribution in [3.05, 3.63) is 75.5 Å². The molecule has 0 atom stereocenters. The molecule has 0 aliphatic heterocycles. The van der Waals surface area contributed by atoms with E-state index in [0.29, 0.717) is 34.4 Å². The van der Waals surface area contributed by atoms with Crippen molar-refractivity contribution in [2.24, 2.45) is 0 Å². The number of thiophene rings is 1. The summed E-state index contributed by atoms with van der Waals surface area (Å²) in [6, 6.07) is 10.1. The van der Waals surface area contributed by atoms with E-state index in [1.807, 2.05) is 24.4 Å². The van der Waals surface area contributed by atoms with Crippen LogP contribution in [0.15, 0.2) is 48.0 Å². The maximum atomic E-state index is 13.3. The summed E-state index contributed by atoms with van der Waals surface area (Å²) in [4.78, 5) is 18.6. The second-order valence-corrected chi connectivity index (χ2v) is 7.38. The summed E-state index contributed by atoms with van der Waals surface area (Å²) < 4.78 is 15.1. The molecule has 0 bridgehead atoms. The quantitative estimate of drug-likeness (QED) is 0.565. The zero-order chi connectivity index (χ0) is 19.0. The van der Waals surface area contributed by atoms with Crippen LogP contribution in [0.5, 0.6) is 0 Å². The Hall–Kier alpha value is -3.06. The first kappa shape index (κ1) is 17.4. The van der Waals surface area contributed by atoms with E-state index in [4.69, 9.17) is 0 Å². The number of halogens is 1. The molecule has 27 heavy (non-hydrogen) atoms. The Kier molecular flexibility index (Phi) is 4.45. The number of hydrogen-bond donors (Lipinski definition) is 1. The van der Waals surface area contributed by atoms with Crippen LogP contribution in [0.4, 0.5) is 10.1 Å². The lowest BCUT2D eigenvalue weighted by atomic mass is 10.1. The standard InChI is InChI=1S/C20H17FN4OS/c1-12-8-14(21)5-6-18(12)24-20(26)16-9-13(2)23-19-17(16)10-22-25(19)11-15-4-3-7-27-15/h3-10H,11H2,1-2H3,(H,24,26). The van der Waals surface area contributed by atoms with E-state index in [9.17, 15) is 9.18 Å². The summed E-state index contributed by atoms with van der Waals surface area (Å²) >= 11 is 1.65. The fourth-order valence-electron chi connectivity index (χ4n) is 2.98. The van der Waals surface area contributed by atoms with Crippen LogP contribution in [0.3, 0.4) is 0 Å². The van der Waals surface area contributed by atoms with Crippen molar-refractivity contribution in [2.75, 3.05) is 5.32 Å². The number of amides is 1. The Labute approximate surface area is 159 Å². The van der Waals surface area contributed by atoms with Crippen molar-refractivity contribution in [3.63, 3.8) is 0 Å². The van der Waals surface area contributed by atoms with E-state index in [1.165, 1.54) is 12.1 Å². The Bertz CT molecular complexity index is 1130. The van der Waals surface area contributed by atoms with Gasteiger partial charge in [0.15, 0.2) is 5.65 Å². The highest BCUT2D eigenvalue weighted by molar-refractivity contribution is 7.09. The van der Waals surface area contributed by atoms with Gasteiger partial charge in [-0.05, 0) is 55.1 Å². The molecule has 0 saturated carbocycles. The number of fused-ring (bicyclic) bond motifs is 1. The van der Waals surface area contributed by atoms with E-state index in [0.717, 1.165) is 10.6 Å². The molecule has 0 radical (unpaired) electrons. The summed E-state index contributed by atoms with van der Waals surface area (Å²) in [7, 11) is 0. The Balaban J connectivity index is 1.70. The molecule has 4 rings (SSSR count). The average Bonchev–Trinajstić information content (AvgIpc) is 3.27. The zero-order valence-corrected chi connectivity index (χ0v) is 15.7. The van der Waals surface area contributed by atoms with Gasteiger partial charge < -0.3 is 5.32 Å². The summed E-state index contributed by atoms with van der Waals surface area (Å²) in [5, 5.41) is 9.99. The van der Waals surface area contributed by atoms with E-state index in [1.54, 1.807) is 41.3 Å². The summed E-state index contributed by atoms with van der Waals surface area (Å²) in [6.07, 6.45) is 1.67. The fourth-order valence-corrected chi connectivity index (χ4v) is 3.67. The van der Waals surface area contributed by atoms with E-state index >= 15 is 0 Å². The van der Waals surface area contributed by atoms with Crippen molar-refractivity contribution in [3.8, 4) is 0 Å². The number of aromatic nitrogens is 3. The van der Waals surface area contributed by atoms with E-state index < -0.39 is 0 Å². The number of benzene rings is 1. The predicted molar refractivity (Wildman–Crippen MR) is 105 cm³/mol. The van der Waals surface area contributed by atoms with Gasteiger partial charge in [0.25, 0.3) is 5.91 Å². The molecule has 0 unspecified atom stereocenters. The number of aryl methyl sites for hydroxylation is 2. The van der Waals surface area contributed by atoms with Gasteiger partial charge in [0, 0.05) is 16.3 Å². The Morgan fingerprint density at radius 2 is 2.11 bits per heavy atom. The van der Waals surface area contributed by atoms with Crippen molar-refractivity contribution in [1.82, 2.24) is 14.8 Å². The molecule has 0 aliphatic rings. The minimum Gasteiger partial charge on any atom is -0.322 e.